The van der Waals surface area contributed by atoms with Crippen LogP contribution in [0.25, 0.3) is 0 Å². The summed E-state index contributed by atoms with van der Waals surface area (Å²) >= 11 is 0. The lowest BCUT2D eigenvalue weighted by Gasteiger charge is -2.35. The molecule has 0 aromatic heterocycles. The Bertz CT molecular complexity index is 191. The van der Waals surface area contributed by atoms with Crippen molar-refractivity contribution in [2.24, 2.45) is 11.8 Å². The van der Waals surface area contributed by atoms with E-state index in [0.29, 0.717) is 12.1 Å². The molecular formula is C15H31NO. The van der Waals surface area contributed by atoms with Crippen LogP contribution >= 0.6 is 0 Å². The van der Waals surface area contributed by atoms with Gasteiger partial charge in [-0.2, -0.15) is 0 Å². The monoisotopic (exact) mass is 241 g/mol. The highest BCUT2D eigenvalue weighted by molar-refractivity contribution is 4.84. The van der Waals surface area contributed by atoms with Gasteiger partial charge in [-0.1, -0.05) is 27.7 Å². The summed E-state index contributed by atoms with van der Waals surface area (Å²) in [5, 5.41) is 3.66. The molecule has 0 bridgehead atoms. The molecule has 1 aliphatic carbocycles. The molecule has 1 aliphatic rings. The third-order valence-electron chi connectivity index (χ3n) is 3.74. The Morgan fingerprint density at radius 1 is 1.29 bits per heavy atom. The van der Waals surface area contributed by atoms with Crippen molar-refractivity contribution in [2.75, 3.05) is 13.2 Å². The molecule has 2 nitrogen and oxygen atoms in total. The highest BCUT2D eigenvalue weighted by atomic mass is 16.5. The summed E-state index contributed by atoms with van der Waals surface area (Å²) < 4.78 is 6.11. The van der Waals surface area contributed by atoms with Crippen LogP contribution in [0.4, 0.5) is 0 Å². The van der Waals surface area contributed by atoms with Gasteiger partial charge in [-0.15, -0.1) is 0 Å². The molecule has 3 atom stereocenters. The summed E-state index contributed by atoms with van der Waals surface area (Å²) in [5.74, 6) is 1.58. The third-order valence-corrected chi connectivity index (χ3v) is 3.74. The van der Waals surface area contributed by atoms with E-state index in [9.17, 15) is 0 Å². The van der Waals surface area contributed by atoms with Gasteiger partial charge >= 0.3 is 0 Å². The molecule has 2 heteroatoms. The van der Waals surface area contributed by atoms with Gasteiger partial charge in [-0.25, -0.2) is 0 Å². The van der Waals surface area contributed by atoms with Crippen molar-refractivity contribution in [3.8, 4) is 0 Å². The van der Waals surface area contributed by atoms with E-state index in [0.717, 1.165) is 25.0 Å². The SMILES string of the molecule is CCCNC1CCC(C)CC1OCCC(C)C. The number of rotatable bonds is 7. The minimum atomic E-state index is 0.448. The smallest absolute Gasteiger partial charge is 0.0730 e. The van der Waals surface area contributed by atoms with E-state index in [1.165, 1.54) is 32.1 Å². The van der Waals surface area contributed by atoms with E-state index in [1.807, 2.05) is 0 Å². The first-order chi connectivity index (χ1) is 8.13. The van der Waals surface area contributed by atoms with Crippen molar-refractivity contribution in [1.29, 1.82) is 0 Å². The second-order valence-electron chi connectivity index (χ2n) is 6.07. The van der Waals surface area contributed by atoms with Crippen molar-refractivity contribution in [3.05, 3.63) is 0 Å². The van der Waals surface area contributed by atoms with Crippen LogP contribution in [0.3, 0.4) is 0 Å². The van der Waals surface area contributed by atoms with Gasteiger partial charge in [-0.05, 0) is 50.5 Å². The Kier molecular flexibility index (Phi) is 7.14. The lowest BCUT2D eigenvalue weighted by Crippen LogP contribution is -2.45. The normalized spacial score (nSPS) is 29.8. The molecule has 0 aromatic carbocycles. The van der Waals surface area contributed by atoms with Crippen LogP contribution in [-0.2, 0) is 4.74 Å². The summed E-state index contributed by atoms with van der Waals surface area (Å²) in [7, 11) is 0. The topological polar surface area (TPSA) is 21.3 Å². The molecule has 17 heavy (non-hydrogen) atoms. The fourth-order valence-corrected chi connectivity index (χ4v) is 2.53. The Morgan fingerprint density at radius 3 is 2.71 bits per heavy atom. The highest BCUT2D eigenvalue weighted by Gasteiger charge is 2.28. The molecule has 0 aliphatic heterocycles. The first kappa shape index (κ1) is 15.0. The van der Waals surface area contributed by atoms with Crippen LogP contribution in [0.2, 0.25) is 0 Å². The van der Waals surface area contributed by atoms with E-state index in [2.05, 4.69) is 33.0 Å². The summed E-state index contributed by atoms with van der Waals surface area (Å²) in [6.45, 7) is 11.2. The standard InChI is InChI=1S/C15H31NO/c1-5-9-16-14-7-6-13(4)11-15(14)17-10-8-12(2)3/h12-16H,5-11H2,1-4H3. The van der Waals surface area contributed by atoms with Crippen molar-refractivity contribution in [2.45, 2.75) is 71.9 Å². The first-order valence-electron chi connectivity index (χ1n) is 7.48. The van der Waals surface area contributed by atoms with E-state index in [1.54, 1.807) is 0 Å². The van der Waals surface area contributed by atoms with E-state index >= 15 is 0 Å². The summed E-state index contributed by atoms with van der Waals surface area (Å²) in [6, 6.07) is 0.596. The molecule has 102 valence electrons. The van der Waals surface area contributed by atoms with Crippen LogP contribution < -0.4 is 5.32 Å². The van der Waals surface area contributed by atoms with Crippen LogP contribution in [0.1, 0.15) is 59.8 Å². The zero-order valence-electron chi connectivity index (χ0n) is 12.2. The van der Waals surface area contributed by atoms with E-state index < -0.39 is 0 Å². The van der Waals surface area contributed by atoms with Crippen LogP contribution in [-0.4, -0.2) is 25.3 Å². The van der Waals surface area contributed by atoms with Gasteiger partial charge in [-0.3, -0.25) is 0 Å². The maximum Gasteiger partial charge on any atom is 0.0730 e. The summed E-state index contributed by atoms with van der Waals surface area (Å²) in [5.41, 5.74) is 0. The second kappa shape index (κ2) is 8.10. The van der Waals surface area contributed by atoms with Crippen molar-refractivity contribution < 1.29 is 4.74 Å². The third kappa shape index (κ3) is 5.87. The molecule has 0 spiro atoms. The fraction of sp³-hybridized carbons (Fsp3) is 1.00. The van der Waals surface area contributed by atoms with Gasteiger partial charge in [0.2, 0.25) is 0 Å². The largest absolute Gasteiger partial charge is 0.377 e. The highest BCUT2D eigenvalue weighted by Crippen LogP contribution is 2.26. The lowest BCUT2D eigenvalue weighted by molar-refractivity contribution is -0.0115. The molecule has 0 heterocycles. The number of hydrogen-bond donors (Lipinski definition) is 1. The van der Waals surface area contributed by atoms with Gasteiger partial charge in [0.25, 0.3) is 0 Å². The zero-order valence-corrected chi connectivity index (χ0v) is 12.2. The minimum absolute atomic E-state index is 0.448. The Morgan fingerprint density at radius 2 is 2.06 bits per heavy atom. The number of ether oxygens (including phenoxy) is 1. The van der Waals surface area contributed by atoms with Gasteiger partial charge in [0, 0.05) is 12.6 Å². The van der Waals surface area contributed by atoms with Crippen LogP contribution in [0.15, 0.2) is 0 Å². The molecular weight excluding hydrogens is 210 g/mol. The van der Waals surface area contributed by atoms with Crippen LogP contribution in [0, 0.1) is 11.8 Å². The molecule has 0 aromatic rings. The molecule has 0 saturated heterocycles. The lowest BCUT2D eigenvalue weighted by atomic mass is 9.85. The second-order valence-corrected chi connectivity index (χ2v) is 6.07. The summed E-state index contributed by atoms with van der Waals surface area (Å²) in [6.07, 6.45) is 6.72. The average molecular weight is 241 g/mol. The predicted molar refractivity (Wildman–Crippen MR) is 74.3 cm³/mol. The quantitative estimate of drug-likeness (QED) is 0.735. The average Bonchev–Trinajstić information content (AvgIpc) is 2.27. The first-order valence-corrected chi connectivity index (χ1v) is 7.48. The van der Waals surface area contributed by atoms with Gasteiger partial charge in [0.05, 0.1) is 6.10 Å². The molecule has 1 saturated carbocycles. The molecule has 1 N–H and O–H groups in total. The minimum Gasteiger partial charge on any atom is -0.377 e. The maximum absolute atomic E-state index is 6.11. The molecule has 0 radical (unpaired) electrons. The van der Waals surface area contributed by atoms with Gasteiger partial charge in [0.15, 0.2) is 0 Å². The van der Waals surface area contributed by atoms with Crippen molar-refractivity contribution in [1.82, 2.24) is 5.32 Å². The maximum atomic E-state index is 6.11. The number of hydrogen-bond acceptors (Lipinski definition) is 2. The predicted octanol–water partition coefficient (Wildman–Crippen LogP) is 3.61. The fourth-order valence-electron chi connectivity index (χ4n) is 2.53. The zero-order chi connectivity index (χ0) is 12.7. The van der Waals surface area contributed by atoms with Crippen molar-refractivity contribution in [3.63, 3.8) is 0 Å². The molecule has 1 fully saturated rings. The van der Waals surface area contributed by atoms with E-state index in [4.69, 9.17) is 4.74 Å². The number of nitrogens with one attached hydrogen (secondary N) is 1. The van der Waals surface area contributed by atoms with Crippen LogP contribution in [0.5, 0.6) is 0 Å². The van der Waals surface area contributed by atoms with Crippen molar-refractivity contribution >= 4 is 0 Å². The van der Waals surface area contributed by atoms with Gasteiger partial charge in [0.1, 0.15) is 0 Å². The Labute approximate surface area is 108 Å². The van der Waals surface area contributed by atoms with Gasteiger partial charge < -0.3 is 10.1 Å². The Hall–Kier alpha value is -0.0800. The molecule has 3 unspecified atom stereocenters. The van der Waals surface area contributed by atoms with E-state index in [-0.39, 0.29) is 0 Å². The molecule has 1 rings (SSSR count). The molecule has 0 amide bonds. The Balaban J connectivity index is 2.32. The summed E-state index contributed by atoms with van der Waals surface area (Å²) in [4.78, 5) is 0.